The van der Waals surface area contributed by atoms with E-state index in [4.69, 9.17) is 16.3 Å². The molecule has 2 aliphatic carbocycles. The minimum Gasteiger partial charge on any atom is -0.494 e. The van der Waals surface area contributed by atoms with E-state index in [0.717, 1.165) is 0 Å². The third-order valence-electron chi connectivity index (χ3n) is 5.49. The molecule has 0 aliphatic heterocycles. The highest BCUT2D eigenvalue weighted by Gasteiger charge is 2.62. The molecule has 3 heterocycles. The van der Waals surface area contributed by atoms with Crippen molar-refractivity contribution in [2.75, 3.05) is 12.4 Å². The van der Waals surface area contributed by atoms with Crippen LogP contribution in [0.3, 0.4) is 0 Å². The molecule has 9 heteroatoms. The van der Waals surface area contributed by atoms with E-state index in [9.17, 15) is 4.79 Å². The molecule has 30 heavy (non-hydrogen) atoms. The average molecular weight is 438 g/mol. The number of methoxy groups -OCH3 is 1. The minimum absolute atomic E-state index is 0.289. The van der Waals surface area contributed by atoms with Crippen LogP contribution in [0, 0.1) is 23.2 Å². The Labute approximate surface area is 181 Å². The molecular formula is C21H16ClN5O2S. The molecule has 2 fully saturated rings. The number of pyridine rings is 2. The summed E-state index contributed by atoms with van der Waals surface area (Å²) in [5.74, 6) is 7.02. The van der Waals surface area contributed by atoms with Crippen LogP contribution in [-0.2, 0) is 0 Å². The van der Waals surface area contributed by atoms with Crippen molar-refractivity contribution in [2.24, 2.45) is 11.3 Å². The monoisotopic (exact) mass is 437 g/mol. The van der Waals surface area contributed by atoms with Gasteiger partial charge in [-0.15, -0.1) is 10.2 Å². The van der Waals surface area contributed by atoms with Crippen molar-refractivity contribution >= 4 is 34.0 Å². The van der Waals surface area contributed by atoms with E-state index in [2.05, 4.69) is 37.3 Å². The van der Waals surface area contributed by atoms with E-state index in [1.54, 1.807) is 24.5 Å². The van der Waals surface area contributed by atoms with Crippen LogP contribution in [0.5, 0.6) is 5.75 Å². The number of halogens is 1. The Morgan fingerprint density at radius 3 is 2.97 bits per heavy atom. The first kappa shape index (κ1) is 19.0. The highest BCUT2D eigenvalue weighted by Crippen LogP contribution is 2.70. The Hall–Kier alpha value is -3.02. The molecule has 3 aromatic heterocycles. The second kappa shape index (κ2) is 7.35. The largest absolute Gasteiger partial charge is 0.494 e. The van der Waals surface area contributed by atoms with Gasteiger partial charge in [-0.05, 0) is 42.7 Å². The fourth-order valence-corrected chi connectivity index (χ4v) is 4.26. The van der Waals surface area contributed by atoms with Gasteiger partial charge in [0.15, 0.2) is 5.01 Å². The Morgan fingerprint density at radius 2 is 2.20 bits per heavy atom. The topological polar surface area (TPSA) is 89.9 Å². The SMILES string of the molecule is COc1cnc(Cl)cc1-c1cnccc1C(=O)Nc1nnc(C#CC2CC23CC3)s1. The van der Waals surface area contributed by atoms with Crippen molar-refractivity contribution in [3.8, 4) is 28.7 Å². The van der Waals surface area contributed by atoms with Crippen LogP contribution in [0.25, 0.3) is 11.1 Å². The Morgan fingerprint density at radius 1 is 1.33 bits per heavy atom. The number of rotatable bonds is 4. The number of anilines is 1. The van der Waals surface area contributed by atoms with Crippen LogP contribution >= 0.6 is 22.9 Å². The van der Waals surface area contributed by atoms with Crippen molar-refractivity contribution in [1.29, 1.82) is 0 Å². The van der Waals surface area contributed by atoms with Gasteiger partial charge in [0.2, 0.25) is 5.13 Å². The Kier molecular flexibility index (Phi) is 4.65. The van der Waals surface area contributed by atoms with Crippen LogP contribution in [0.1, 0.15) is 34.6 Å². The van der Waals surface area contributed by atoms with Crippen molar-refractivity contribution in [3.05, 3.63) is 46.4 Å². The van der Waals surface area contributed by atoms with Crippen LogP contribution in [0.15, 0.2) is 30.7 Å². The smallest absolute Gasteiger partial charge is 0.258 e. The van der Waals surface area contributed by atoms with E-state index in [1.165, 1.54) is 43.9 Å². The van der Waals surface area contributed by atoms with Gasteiger partial charge in [-0.1, -0.05) is 28.9 Å². The van der Waals surface area contributed by atoms with Crippen molar-refractivity contribution in [2.45, 2.75) is 19.3 Å². The summed E-state index contributed by atoms with van der Waals surface area (Å²) in [6.45, 7) is 0. The molecule has 0 saturated heterocycles. The van der Waals surface area contributed by atoms with Gasteiger partial charge in [0.25, 0.3) is 5.91 Å². The van der Waals surface area contributed by atoms with Gasteiger partial charge in [-0.25, -0.2) is 4.98 Å². The van der Waals surface area contributed by atoms with Gasteiger partial charge in [0.1, 0.15) is 10.9 Å². The van der Waals surface area contributed by atoms with E-state index in [0.29, 0.717) is 43.9 Å². The van der Waals surface area contributed by atoms with Gasteiger partial charge in [-0.2, -0.15) is 0 Å². The number of nitrogens with zero attached hydrogens (tertiary/aromatic N) is 4. The van der Waals surface area contributed by atoms with Crippen LogP contribution < -0.4 is 10.1 Å². The number of hydrogen-bond donors (Lipinski definition) is 1. The van der Waals surface area contributed by atoms with Crippen molar-refractivity contribution < 1.29 is 9.53 Å². The molecule has 150 valence electrons. The van der Waals surface area contributed by atoms with E-state index in [1.807, 2.05) is 0 Å². The summed E-state index contributed by atoms with van der Waals surface area (Å²) in [7, 11) is 1.53. The predicted octanol–water partition coefficient (Wildman–Crippen LogP) is 4.06. The number of carbonyl (C=O) groups excluding carboxylic acids is 1. The van der Waals surface area contributed by atoms with Crippen LogP contribution in [0.2, 0.25) is 5.15 Å². The predicted molar refractivity (Wildman–Crippen MR) is 114 cm³/mol. The number of hydrogen-bond acceptors (Lipinski definition) is 7. The number of aromatic nitrogens is 4. The molecule has 7 nitrogen and oxygen atoms in total. The van der Waals surface area contributed by atoms with Crippen LogP contribution in [-0.4, -0.2) is 33.2 Å². The van der Waals surface area contributed by atoms with E-state index in [-0.39, 0.29) is 11.1 Å². The first-order chi connectivity index (χ1) is 14.6. The maximum Gasteiger partial charge on any atom is 0.258 e. The molecule has 1 atom stereocenters. The molecule has 1 spiro atoms. The zero-order valence-electron chi connectivity index (χ0n) is 16.0. The highest BCUT2D eigenvalue weighted by atomic mass is 35.5. The number of nitrogens with one attached hydrogen (secondary N) is 1. The lowest BCUT2D eigenvalue weighted by Gasteiger charge is -2.12. The van der Waals surface area contributed by atoms with Gasteiger partial charge in [-0.3, -0.25) is 15.1 Å². The molecule has 1 unspecified atom stereocenters. The van der Waals surface area contributed by atoms with Crippen molar-refractivity contribution in [1.82, 2.24) is 20.2 Å². The molecule has 1 amide bonds. The molecule has 2 aliphatic rings. The Balaban J connectivity index is 1.37. The zero-order valence-corrected chi connectivity index (χ0v) is 17.5. The molecule has 1 N–H and O–H groups in total. The lowest BCUT2D eigenvalue weighted by Crippen LogP contribution is -2.13. The standard InChI is InChI=1S/C21H16ClN5O2S/c1-29-16-11-24-17(22)8-14(16)15-10-23-7-4-13(15)19(28)25-20-27-26-18(30-20)3-2-12-9-21(12)5-6-21/h4,7-8,10-12H,5-6,9H2,1H3,(H,25,27,28). The summed E-state index contributed by atoms with van der Waals surface area (Å²) in [5.41, 5.74) is 2.13. The summed E-state index contributed by atoms with van der Waals surface area (Å²) in [6, 6.07) is 3.26. The second-order valence-electron chi connectivity index (χ2n) is 7.38. The summed E-state index contributed by atoms with van der Waals surface area (Å²) in [6.07, 6.45) is 8.44. The molecule has 0 radical (unpaired) electrons. The maximum absolute atomic E-state index is 12.9. The summed E-state index contributed by atoms with van der Waals surface area (Å²) in [4.78, 5) is 21.1. The molecule has 0 bridgehead atoms. The maximum atomic E-state index is 12.9. The lowest BCUT2D eigenvalue weighted by molar-refractivity contribution is 0.102. The molecule has 3 aromatic rings. The molecular weight excluding hydrogens is 422 g/mol. The Bertz CT molecular complexity index is 1210. The molecule has 5 rings (SSSR count). The van der Waals surface area contributed by atoms with Gasteiger partial charge < -0.3 is 4.74 Å². The van der Waals surface area contributed by atoms with E-state index < -0.39 is 0 Å². The quantitative estimate of drug-likeness (QED) is 0.489. The normalized spacial score (nSPS) is 17.7. The fraction of sp³-hybridized carbons (Fsp3) is 0.286. The van der Waals surface area contributed by atoms with Crippen molar-refractivity contribution in [3.63, 3.8) is 0 Å². The first-order valence-electron chi connectivity index (χ1n) is 9.38. The van der Waals surface area contributed by atoms with E-state index >= 15 is 0 Å². The number of ether oxygens (including phenoxy) is 1. The number of carbonyl (C=O) groups is 1. The average Bonchev–Trinajstić information content (AvgIpc) is 3.64. The number of amides is 1. The third kappa shape index (κ3) is 3.62. The minimum atomic E-state index is -0.336. The lowest BCUT2D eigenvalue weighted by atomic mass is 10.0. The molecule has 0 aromatic carbocycles. The third-order valence-corrected chi connectivity index (χ3v) is 6.45. The van der Waals surface area contributed by atoms with Gasteiger partial charge in [0.05, 0.1) is 18.9 Å². The summed E-state index contributed by atoms with van der Waals surface area (Å²) < 4.78 is 5.37. The first-order valence-corrected chi connectivity index (χ1v) is 10.6. The summed E-state index contributed by atoms with van der Waals surface area (Å²) in [5, 5.41) is 12.2. The van der Waals surface area contributed by atoms with Gasteiger partial charge in [0, 0.05) is 29.4 Å². The highest BCUT2D eigenvalue weighted by molar-refractivity contribution is 7.15. The van der Waals surface area contributed by atoms with Crippen LogP contribution in [0.4, 0.5) is 5.13 Å². The zero-order chi connectivity index (χ0) is 20.7. The summed E-state index contributed by atoms with van der Waals surface area (Å²) >= 11 is 7.31. The second-order valence-corrected chi connectivity index (χ2v) is 8.75. The van der Waals surface area contributed by atoms with Gasteiger partial charge >= 0.3 is 0 Å². The molecule has 2 saturated carbocycles. The fourth-order valence-electron chi connectivity index (χ4n) is 3.50.